The molecule has 2 amide bonds. The Morgan fingerprint density at radius 1 is 1.75 bits per heavy atom. The van der Waals surface area contributed by atoms with Crippen LogP contribution in [0.3, 0.4) is 0 Å². The molecule has 12 heavy (non-hydrogen) atoms. The van der Waals surface area contributed by atoms with Crippen LogP contribution in [-0.2, 0) is 0 Å². The molecule has 1 heterocycles. The number of aryl methyl sites for hydroxylation is 1. The minimum absolute atomic E-state index is 0.272. The van der Waals surface area contributed by atoms with Crippen LogP contribution in [-0.4, -0.2) is 17.6 Å². The van der Waals surface area contributed by atoms with Crippen LogP contribution in [0.15, 0.2) is 10.7 Å². The predicted molar refractivity (Wildman–Crippen MR) is 43.9 cm³/mol. The molecule has 0 atom stereocenters. The van der Waals surface area contributed by atoms with Gasteiger partial charge in [0.15, 0.2) is 11.7 Å². The Morgan fingerprint density at radius 3 is 3.00 bits per heavy atom. The number of hydrogen-bond acceptors (Lipinski definition) is 3. The van der Waals surface area contributed by atoms with E-state index in [9.17, 15) is 4.79 Å². The normalized spacial score (nSPS) is 9.50. The molecule has 2 N–H and O–H groups in total. The zero-order valence-electron chi connectivity index (χ0n) is 7.05. The van der Waals surface area contributed by atoms with E-state index in [1.807, 2.05) is 6.92 Å². The van der Waals surface area contributed by atoms with Crippen LogP contribution in [0.4, 0.5) is 10.6 Å². The Kier molecular flexibility index (Phi) is 2.68. The Morgan fingerprint density at radius 2 is 2.50 bits per heavy atom. The summed E-state index contributed by atoms with van der Waals surface area (Å²) in [7, 11) is 0. The molecule has 0 bridgehead atoms. The third-order valence-electron chi connectivity index (χ3n) is 1.20. The van der Waals surface area contributed by atoms with E-state index in [1.165, 1.54) is 6.26 Å². The van der Waals surface area contributed by atoms with Crippen LogP contribution in [0.2, 0.25) is 0 Å². The van der Waals surface area contributed by atoms with Crippen LogP contribution >= 0.6 is 0 Å². The van der Waals surface area contributed by atoms with Gasteiger partial charge in [0, 0.05) is 13.5 Å². The van der Waals surface area contributed by atoms with E-state index in [0.29, 0.717) is 18.3 Å². The third-order valence-corrected chi connectivity index (χ3v) is 1.20. The zero-order chi connectivity index (χ0) is 8.97. The van der Waals surface area contributed by atoms with Crippen LogP contribution in [0.25, 0.3) is 0 Å². The van der Waals surface area contributed by atoms with E-state index in [0.717, 1.165) is 0 Å². The van der Waals surface area contributed by atoms with E-state index in [1.54, 1.807) is 6.92 Å². The van der Waals surface area contributed by atoms with E-state index in [-0.39, 0.29) is 6.03 Å². The lowest BCUT2D eigenvalue weighted by molar-refractivity contribution is 0.252. The molecule has 0 fully saturated rings. The van der Waals surface area contributed by atoms with Gasteiger partial charge >= 0.3 is 6.03 Å². The molecule has 0 aliphatic carbocycles. The summed E-state index contributed by atoms with van der Waals surface area (Å²) in [6, 6.07) is -0.272. The number of carbonyl (C=O) groups is 1. The summed E-state index contributed by atoms with van der Waals surface area (Å²) in [6.07, 6.45) is 1.39. The third kappa shape index (κ3) is 2.26. The van der Waals surface area contributed by atoms with E-state index in [4.69, 9.17) is 4.42 Å². The second-order valence-electron chi connectivity index (χ2n) is 2.24. The van der Waals surface area contributed by atoms with Crippen molar-refractivity contribution in [3.63, 3.8) is 0 Å². The monoisotopic (exact) mass is 169 g/mol. The van der Waals surface area contributed by atoms with Gasteiger partial charge in [-0.15, -0.1) is 0 Å². The van der Waals surface area contributed by atoms with Gasteiger partial charge in [-0.25, -0.2) is 4.79 Å². The molecule has 1 aromatic rings. The lowest BCUT2D eigenvalue weighted by atomic mass is 10.7. The van der Waals surface area contributed by atoms with Crippen LogP contribution in [0, 0.1) is 6.92 Å². The number of aromatic nitrogens is 1. The number of nitrogens with zero attached hydrogens (tertiary/aromatic N) is 1. The SMILES string of the molecule is CCNC(=O)Nc1coc(C)n1. The smallest absolute Gasteiger partial charge is 0.320 e. The number of carbonyl (C=O) groups excluding carboxylic acids is 1. The molecule has 0 radical (unpaired) electrons. The van der Waals surface area contributed by atoms with Crippen LogP contribution in [0.5, 0.6) is 0 Å². The topological polar surface area (TPSA) is 67.2 Å². The molecule has 5 heteroatoms. The second kappa shape index (κ2) is 3.75. The summed E-state index contributed by atoms with van der Waals surface area (Å²) < 4.78 is 4.89. The van der Waals surface area contributed by atoms with Crippen LogP contribution < -0.4 is 10.6 Å². The molecule has 66 valence electrons. The fraction of sp³-hybridized carbons (Fsp3) is 0.429. The fourth-order valence-electron chi connectivity index (χ4n) is 0.742. The molecule has 1 aromatic heterocycles. The number of oxazole rings is 1. The van der Waals surface area contributed by atoms with E-state index < -0.39 is 0 Å². The fourth-order valence-corrected chi connectivity index (χ4v) is 0.742. The van der Waals surface area contributed by atoms with Crippen molar-refractivity contribution < 1.29 is 9.21 Å². The maximum Gasteiger partial charge on any atom is 0.320 e. The molecule has 0 aromatic carbocycles. The van der Waals surface area contributed by atoms with Gasteiger partial charge < -0.3 is 9.73 Å². The summed E-state index contributed by atoms with van der Waals surface area (Å²) in [5.41, 5.74) is 0. The van der Waals surface area contributed by atoms with E-state index >= 15 is 0 Å². The Hall–Kier alpha value is -1.52. The number of anilines is 1. The standard InChI is InChI=1S/C7H11N3O2/c1-3-8-7(11)10-6-4-12-5(2)9-6/h4H,3H2,1-2H3,(H2,8,10,11). The molecule has 0 aliphatic rings. The number of rotatable bonds is 2. The maximum atomic E-state index is 10.9. The molecular weight excluding hydrogens is 158 g/mol. The highest BCUT2D eigenvalue weighted by atomic mass is 16.3. The highest BCUT2D eigenvalue weighted by Gasteiger charge is 2.02. The first-order chi connectivity index (χ1) is 5.72. The largest absolute Gasteiger partial charge is 0.447 e. The molecule has 0 aliphatic heterocycles. The molecular formula is C7H11N3O2. The van der Waals surface area contributed by atoms with Crippen molar-refractivity contribution in [2.24, 2.45) is 0 Å². The summed E-state index contributed by atoms with van der Waals surface area (Å²) in [4.78, 5) is 14.8. The number of urea groups is 1. The van der Waals surface area contributed by atoms with Gasteiger partial charge in [-0.3, -0.25) is 5.32 Å². The lowest BCUT2D eigenvalue weighted by Crippen LogP contribution is -2.28. The average molecular weight is 169 g/mol. The lowest BCUT2D eigenvalue weighted by Gasteiger charge is -2.00. The molecule has 1 rings (SSSR count). The van der Waals surface area contributed by atoms with Crippen molar-refractivity contribution in [3.05, 3.63) is 12.2 Å². The molecule has 5 nitrogen and oxygen atoms in total. The first-order valence-corrected chi connectivity index (χ1v) is 3.69. The summed E-state index contributed by atoms with van der Waals surface area (Å²) in [5.74, 6) is 0.959. The van der Waals surface area contributed by atoms with Gasteiger partial charge in [0.05, 0.1) is 0 Å². The first kappa shape index (κ1) is 8.58. The summed E-state index contributed by atoms with van der Waals surface area (Å²) >= 11 is 0. The second-order valence-corrected chi connectivity index (χ2v) is 2.24. The number of hydrogen-bond donors (Lipinski definition) is 2. The van der Waals surface area contributed by atoms with Gasteiger partial charge in [0.25, 0.3) is 0 Å². The van der Waals surface area contributed by atoms with Crippen molar-refractivity contribution in [3.8, 4) is 0 Å². The minimum atomic E-state index is -0.272. The zero-order valence-corrected chi connectivity index (χ0v) is 7.05. The quantitative estimate of drug-likeness (QED) is 0.697. The summed E-state index contributed by atoms with van der Waals surface area (Å²) in [5, 5.41) is 5.08. The van der Waals surface area contributed by atoms with Gasteiger partial charge in [-0.05, 0) is 6.92 Å². The maximum absolute atomic E-state index is 10.9. The van der Waals surface area contributed by atoms with Crippen molar-refractivity contribution in [1.29, 1.82) is 0 Å². The van der Waals surface area contributed by atoms with Crippen LogP contribution in [0.1, 0.15) is 12.8 Å². The first-order valence-electron chi connectivity index (χ1n) is 3.69. The van der Waals surface area contributed by atoms with Crippen molar-refractivity contribution in [2.75, 3.05) is 11.9 Å². The van der Waals surface area contributed by atoms with Gasteiger partial charge in [-0.1, -0.05) is 0 Å². The van der Waals surface area contributed by atoms with Gasteiger partial charge in [-0.2, -0.15) is 4.98 Å². The van der Waals surface area contributed by atoms with Crippen molar-refractivity contribution in [2.45, 2.75) is 13.8 Å². The molecule has 0 saturated heterocycles. The van der Waals surface area contributed by atoms with E-state index in [2.05, 4.69) is 15.6 Å². The average Bonchev–Trinajstić information content (AvgIpc) is 2.36. The number of amides is 2. The van der Waals surface area contributed by atoms with Crippen molar-refractivity contribution in [1.82, 2.24) is 10.3 Å². The highest BCUT2D eigenvalue weighted by Crippen LogP contribution is 2.04. The van der Waals surface area contributed by atoms with Crippen molar-refractivity contribution >= 4 is 11.8 Å². The summed E-state index contributed by atoms with van der Waals surface area (Å²) in [6.45, 7) is 4.14. The minimum Gasteiger partial charge on any atom is -0.447 e. The molecule has 0 unspecified atom stereocenters. The molecule has 0 spiro atoms. The Bertz CT molecular complexity index is 269. The van der Waals surface area contributed by atoms with Gasteiger partial charge in [0.1, 0.15) is 6.26 Å². The highest BCUT2D eigenvalue weighted by molar-refractivity contribution is 5.87. The Labute approximate surface area is 70.2 Å². The Balaban J connectivity index is 2.46. The predicted octanol–water partition coefficient (Wildman–Crippen LogP) is 1.12. The molecule has 0 saturated carbocycles. The van der Waals surface area contributed by atoms with Gasteiger partial charge in [0.2, 0.25) is 0 Å². The number of nitrogens with one attached hydrogen (secondary N) is 2.